The summed E-state index contributed by atoms with van der Waals surface area (Å²) in [5, 5.41) is 3.39. The Hall–Kier alpha value is -2.57. The average molecular weight is 493 g/mol. The number of hydrogen-bond acceptors (Lipinski definition) is 4. The summed E-state index contributed by atoms with van der Waals surface area (Å²) in [7, 11) is 0. The first-order valence-corrected chi connectivity index (χ1v) is 13.6. The molecule has 5 nitrogen and oxygen atoms in total. The van der Waals surface area contributed by atoms with Crippen LogP contribution in [0.4, 0.5) is 0 Å². The smallest absolute Gasteiger partial charge is 0.260 e. The summed E-state index contributed by atoms with van der Waals surface area (Å²) in [4.78, 5) is 29.5. The number of thioether (sulfide) groups is 1. The Labute approximate surface area is 213 Å². The highest BCUT2D eigenvalue weighted by Gasteiger charge is 2.44. The van der Waals surface area contributed by atoms with E-state index in [1.807, 2.05) is 54.3 Å². The lowest BCUT2D eigenvalue weighted by atomic mass is 9.83. The van der Waals surface area contributed by atoms with E-state index in [-0.39, 0.29) is 23.8 Å². The Morgan fingerprint density at radius 3 is 2.77 bits per heavy atom. The van der Waals surface area contributed by atoms with Crippen LogP contribution >= 0.6 is 11.8 Å². The number of rotatable bonds is 9. The first-order valence-electron chi connectivity index (χ1n) is 12.7. The zero-order valence-electron chi connectivity index (χ0n) is 20.7. The summed E-state index contributed by atoms with van der Waals surface area (Å²) in [6.45, 7) is 6.61. The predicted molar refractivity (Wildman–Crippen MR) is 143 cm³/mol. The van der Waals surface area contributed by atoms with Crippen molar-refractivity contribution in [2.45, 2.75) is 57.4 Å². The van der Waals surface area contributed by atoms with E-state index >= 15 is 0 Å². The fourth-order valence-electron chi connectivity index (χ4n) is 5.00. The molecular formula is C29H36N2O3S. The van der Waals surface area contributed by atoms with Crippen molar-refractivity contribution >= 4 is 29.7 Å². The number of carbonyl (C=O) groups is 2. The zero-order chi connectivity index (χ0) is 24.6. The van der Waals surface area contributed by atoms with Crippen molar-refractivity contribution in [3.8, 4) is 0 Å². The van der Waals surface area contributed by atoms with E-state index in [0.717, 1.165) is 35.3 Å². The van der Waals surface area contributed by atoms with Gasteiger partial charge in [-0.15, -0.1) is 11.8 Å². The van der Waals surface area contributed by atoms with E-state index < -0.39 is 0 Å². The third kappa shape index (κ3) is 6.77. The van der Waals surface area contributed by atoms with Crippen LogP contribution in [0.5, 0.6) is 0 Å². The molecule has 2 fully saturated rings. The van der Waals surface area contributed by atoms with Crippen molar-refractivity contribution in [3.63, 3.8) is 0 Å². The van der Waals surface area contributed by atoms with Crippen molar-refractivity contribution in [3.05, 3.63) is 76.2 Å². The van der Waals surface area contributed by atoms with Crippen LogP contribution in [0.3, 0.4) is 0 Å². The number of ether oxygens (including phenoxy) is 1. The van der Waals surface area contributed by atoms with Crippen molar-refractivity contribution in [2.24, 2.45) is 5.92 Å². The largest absolute Gasteiger partial charge is 0.382 e. The Bertz CT molecular complexity index is 1040. The molecule has 2 aromatic rings. The molecule has 0 aromatic heterocycles. The van der Waals surface area contributed by atoms with Gasteiger partial charge in [-0.05, 0) is 56.7 Å². The van der Waals surface area contributed by atoms with Crippen LogP contribution in [-0.4, -0.2) is 47.8 Å². The van der Waals surface area contributed by atoms with Crippen molar-refractivity contribution < 1.29 is 14.3 Å². The maximum Gasteiger partial charge on any atom is 0.260 e. The number of amides is 2. The van der Waals surface area contributed by atoms with E-state index in [1.54, 1.807) is 11.8 Å². The number of aryl methyl sites for hydroxylation is 1. The van der Waals surface area contributed by atoms with E-state index in [2.05, 4.69) is 30.4 Å². The van der Waals surface area contributed by atoms with Gasteiger partial charge in [-0.2, -0.15) is 0 Å². The number of benzene rings is 2. The minimum atomic E-state index is -0.0589. The summed E-state index contributed by atoms with van der Waals surface area (Å²) in [6.07, 6.45) is 5.33. The number of nitrogens with zero attached hydrogens (tertiary/aromatic N) is 1. The zero-order valence-corrected chi connectivity index (χ0v) is 21.6. The molecule has 186 valence electrons. The molecule has 2 amide bonds. The normalized spacial score (nSPS) is 23.3. The van der Waals surface area contributed by atoms with Gasteiger partial charge in [0.15, 0.2) is 0 Å². The maximum absolute atomic E-state index is 13.7. The van der Waals surface area contributed by atoms with Crippen LogP contribution in [0, 0.1) is 12.8 Å². The van der Waals surface area contributed by atoms with Gasteiger partial charge in [0.05, 0.1) is 4.91 Å². The van der Waals surface area contributed by atoms with E-state index in [0.29, 0.717) is 38.0 Å². The van der Waals surface area contributed by atoms with Crippen LogP contribution in [0.25, 0.3) is 6.08 Å². The van der Waals surface area contributed by atoms with E-state index in [1.165, 1.54) is 5.56 Å². The highest BCUT2D eigenvalue weighted by molar-refractivity contribution is 8.04. The third-order valence-corrected chi connectivity index (χ3v) is 8.18. The Kier molecular flexibility index (Phi) is 9.05. The molecule has 4 rings (SSSR count). The standard InChI is InChI=1S/C29H36N2O3S/c1-3-34-16-8-15-30-28(32)24-13-14-26-25(19-24)31(20-23-12-7-9-21(2)17-23)29(33)27(35-26)18-22-10-5-4-6-11-22/h4-7,9-12,17-18,24-26H,3,8,13-16,19-20H2,1-2H3,(H,30,32)/b27-18-. The molecule has 0 bridgehead atoms. The molecule has 1 saturated heterocycles. The van der Waals surface area contributed by atoms with Gasteiger partial charge in [-0.25, -0.2) is 0 Å². The summed E-state index contributed by atoms with van der Waals surface area (Å²) in [5.74, 6) is 0.120. The summed E-state index contributed by atoms with van der Waals surface area (Å²) >= 11 is 1.70. The second kappa shape index (κ2) is 12.4. The van der Waals surface area contributed by atoms with Gasteiger partial charge < -0.3 is 15.0 Å². The molecule has 1 N–H and O–H groups in total. The van der Waals surface area contributed by atoms with Crippen LogP contribution in [0.15, 0.2) is 59.5 Å². The molecule has 0 spiro atoms. The van der Waals surface area contributed by atoms with Crippen LogP contribution in [-0.2, 0) is 20.9 Å². The van der Waals surface area contributed by atoms with Crippen LogP contribution in [0.1, 0.15) is 49.3 Å². The monoisotopic (exact) mass is 492 g/mol. The minimum absolute atomic E-state index is 0.0499. The molecule has 3 atom stereocenters. The molecule has 0 radical (unpaired) electrons. The van der Waals surface area contributed by atoms with Crippen molar-refractivity contribution in [1.82, 2.24) is 10.2 Å². The van der Waals surface area contributed by atoms with Crippen molar-refractivity contribution in [1.29, 1.82) is 0 Å². The van der Waals surface area contributed by atoms with Gasteiger partial charge in [0, 0.05) is 43.5 Å². The van der Waals surface area contributed by atoms with Crippen molar-refractivity contribution in [2.75, 3.05) is 19.8 Å². The van der Waals surface area contributed by atoms with E-state index in [4.69, 9.17) is 4.74 Å². The van der Waals surface area contributed by atoms with Gasteiger partial charge in [-0.1, -0.05) is 60.2 Å². The van der Waals surface area contributed by atoms with Crippen LogP contribution < -0.4 is 5.32 Å². The number of fused-ring (bicyclic) bond motifs is 1. The molecule has 2 aliphatic rings. The quantitative estimate of drug-likeness (QED) is 0.387. The molecule has 1 aliphatic heterocycles. The van der Waals surface area contributed by atoms with Gasteiger partial charge in [-0.3, -0.25) is 9.59 Å². The molecule has 6 heteroatoms. The fraction of sp³-hybridized carbons (Fsp3) is 0.448. The molecule has 1 aliphatic carbocycles. The lowest BCUT2D eigenvalue weighted by Crippen LogP contribution is -2.53. The average Bonchev–Trinajstić information content (AvgIpc) is 2.87. The minimum Gasteiger partial charge on any atom is -0.382 e. The summed E-state index contributed by atoms with van der Waals surface area (Å²) in [5.41, 5.74) is 3.36. The summed E-state index contributed by atoms with van der Waals surface area (Å²) < 4.78 is 5.37. The SMILES string of the molecule is CCOCCCNC(=O)C1CCC2S/C(=C\c3ccccc3)C(=O)N(Cc3cccc(C)c3)C2C1. The lowest BCUT2D eigenvalue weighted by molar-refractivity contribution is -0.133. The molecule has 3 unspecified atom stereocenters. The topological polar surface area (TPSA) is 58.6 Å². The van der Waals surface area contributed by atoms with Gasteiger partial charge in [0.25, 0.3) is 5.91 Å². The highest BCUT2D eigenvalue weighted by Crippen LogP contribution is 2.44. The number of carbonyl (C=O) groups excluding carboxylic acids is 2. The second-order valence-corrected chi connectivity index (χ2v) is 10.7. The second-order valence-electron chi connectivity index (χ2n) is 9.42. The first kappa shape index (κ1) is 25.5. The van der Waals surface area contributed by atoms with Gasteiger partial charge in [0.2, 0.25) is 5.91 Å². The third-order valence-electron chi connectivity index (χ3n) is 6.78. The molecule has 1 saturated carbocycles. The number of nitrogens with one attached hydrogen (secondary N) is 1. The Morgan fingerprint density at radius 2 is 2.00 bits per heavy atom. The fourth-order valence-corrected chi connectivity index (χ4v) is 6.41. The molecule has 1 heterocycles. The highest BCUT2D eigenvalue weighted by atomic mass is 32.2. The maximum atomic E-state index is 13.7. The van der Waals surface area contributed by atoms with Gasteiger partial charge in [0.1, 0.15) is 0 Å². The predicted octanol–water partition coefficient (Wildman–Crippen LogP) is 5.19. The lowest BCUT2D eigenvalue weighted by Gasteiger charge is -2.46. The summed E-state index contributed by atoms with van der Waals surface area (Å²) in [6, 6.07) is 18.5. The van der Waals surface area contributed by atoms with E-state index in [9.17, 15) is 9.59 Å². The Morgan fingerprint density at radius 1 is 1.17 bits per heavy atom. The van der Waals surface area contributed by atoms with Gasteiger partial charge >= 0.3 is 0 Å². The molecule has 35 heavy (non-hydrogen) atoms. The molecular weight excluding hydrogens is 456 g/mol. The number of hydrogen-bond donors (Lipinski definition) is 1. The molecule has 2 aromatic carbocycles. The first-order chi connectivity index (χ1) is 17.0. The van der Waals surface area contributed by atoms with Crippen LogP contribution in [0.2, 0.25) is 0 Å². The Balaban J connectivity index is 1.51.